The van der Waals surface area contributed by atoms with Crippen LogP contribution in [0.3, 0.4) is 0 Å². The van der Waals surface area contributed by atoms with Gasteiger partial charge in [-0.05, 0) is 43.2 Å². The number of hydrogen-bond acceptors (Lipinski definition) is 4. The van der Waals surface area contributed by atoms with Crippen LogP contribution in [-0.2, 0) is 6.54 Å². The molecule has 0 atom stereocenters. The SMILES string of the molecule is Cc1cccc(NCc2csc(-c3ccccn3)n2)c1C. The highest BCUT2D eigenvalue weighted by Gasteiger charge is 2.06. The number of rotatable bonds is 4. The molecule has 1 aromatic carbocycles. The van der Waals surface area contributed by atoms with Crippen LogP contribution in [0, 0.1) is 13.8 Å². The summed E-state index contributed by atoms with van der Waals surface area (Å²) in [5.74, 6) is 0. The lowest BCUT2D eigenvalue weighted by molar-refractivity contribution is 1.07. The van der Waals surface area contributed by atoms with Gasteiger partial charge in [0.25, 0.3) is 0 Å². The van der Waals surface area contributed by atoms with Crippen molar-refractivity contribution in [3.05, 3.63) is 64.8 Å². The lowest BCUT2D eigenvalue weighted by Crippen LogP contribution is -2.02. The smallest absolute Gasteiger partial charge is 0.142 e. The van der Waals surface area contributed by atoms with Gasteiger partial charge >= 0.3 is 0 Å². The Hall–Kier alpha value is -2.20. The molecule has 3 nitrogen and oxygen atoms in total. The third-order valence-corrected chi connectivity index (χ3v) is 4.41. The van der Waals surface area contributed by atoms with Crippen molar-refractivity contribution in [1.29, 1.82) is 0 Å². The molecule has 2 aromatic heterocycles. The van der Waals surface area contributed by atoms with Gasteiger partial charge in [-0.25, -0.2) is 4.98 Å². The summed E-state index contributed by atoms with van der Waals surface area (Å²) in [6, 6.07) is 12.2. The number of benzene rings is 1. The van der Waals surface area contributed by atoms with E-state index in [1.807, 2.05) is 18.2 Å². The summed E-state index contributed by atoms with van der Waals surface area (Å²) in [5.41, 5.74) is 5.73. The zero-order valence-electron chi connectivity index (χ0n) is 12.1. The third-order valence-electron chi connectivity index (χ3n) is 3.50. The van der Waals surface area contributed by atoms with Crippen molar-refractivity contribution in [2.24, 2.45) is 0 Å². The minimum absolute atomic E-state index is 0.730. The second-order valence-corrected chi connectivity index (χ2v) is 5.82. The van der Waals surface area contributed by atoms with Crippen LogP contribution >= 0.6 is 11.3 Å². The molecule has 21 heavy (non-hydrogen) atoms. The Morgan fingerprint density at radius 3 is 2.81 bits per heavy atom. The van der Waals surface area contributed by atoms with E-state index in [1.165, 1.54) is 16.8 Å². The molecule has 0 unspecified atom stereocenters. The van der Waals surface area contributed by atoms with Crippen molar-refractivity contribution in [3.63, 3.8) is 0 Å². The average molecular weight is 295 g/mol. The summed E-state index contributed by atoms with van der Waals surface area (Å²) in [6.07, 6.45) is 1.80. The van der Waals surface area contributed by atoms with E-state index in [4.69, 9.17) is 0 Å². The van der Waals surface area contributed by atoms with Crippen LogP contribution in [0.1, 0.15) is 16.8 Å². The largest absolute Gasteiger partial charge is 0.379 e. The third kappa shape index (κ3) is 3.11. The first-order valence-corrected chi connectivity index (χ1v) is 7.78. The highest BCUT2D eigenvalue weighted by atomic mass is 32.1. The predicted molar refractivity (Wildman–Crippen MR) is 88.6 cm³/mol. The molecule has 0 aliphatic carbocycles. The number of nitrogens with one attached hydrogen (secondary N) is 1. The van der Waals surface area contributed by atoms with E-state index in [-0.39, 0.29) is 0 Å². The van der Waals surface area contributed by atoms with Gasteiger partial charge in [0.2, 0.25) is 0 Å². The van der Waals surface area contributed by atoms with Crippen LogP contribution in [0.4, 0.5) is 5.69 Å². The summed E-state index contributed by atoms with van der Waals surface area (Å²) >= 11 is 1.63. The van der Waals surface area contributed by atoms with Crippen molar-refractivity contribution < 1.29 is 0 Å². The fourth-order valence-corrected chi connectivity index (χ4v) is 2.92. The number of anilines is 1. The Morgan fingerprint density at radius 2 is 2.00 bits per heavy atom. The Labute approximate surface area is 128 Å². The minimum atomic E-state index is 0.730. The van der Waals surface area contributed by atoms with Gasteiger partial charge in [0.05, 0.1) is 17.9 Å². The number of thiazole rings is 1. The number of aryl methyl sites for hydroxylation is 1. The highest BCUT2D eigenvalue weighted by Crippen LogP contribution is 2.23. The lowest BCUT2D eigenvalue weighted by atomic mass is 10.1. The van der Waals surface area contributed by atoms with Gasteiger partial charge in [-0.15, -0.1) is 11.3 Å². The van der Waals surface area contributed by atoms with Crippen LogP contribution in [0.5, 0.6) is 0 Å². The number of pyridine rings is 1. The molecule has 0 saturated carbocycles. The number of nitrogens with zero attached hydrogens (tertiary/aromatic N) is 2. The van der Waals surface area contributed by atoms with Gasteiger partial charge in [-0.3, -0.25) is 4.98 Å². The van der Waals surface area contributed by atoms with Crippen molar-refractivity contribution >= 4 is 17.0 Å². The van der Waals surface area contributed by atoms with Crippen LogP contribution in [0.25, 0.3) is 10.7 Å². The molecule has 0 saturated heterocycles. The normalized spacial score (nSPS) is 10.6. The van der Waals surface area contributed by atoms with Crippen LogP contribution in [0.2, 0.25) is 0 Å². The summed E-state index contributed by atoms with van der Waals surface area (Å²) in [5, 5.41) is 6.51. The van der Waals surface area contributed by atoms with E-state index < -0.39 is 0 Å². The molecule has 3 aromatic rings. The maximum Gasteiger partial charge on any atom is 0.142 e. The van der Waals surface area contributed by atoms with E-state index in [1.54, 1.807) is 17.5 Å². The quantitative estimate of drug-likeness (QED) is 0.773. The van der Waals surface area contributed by atoms with Crippen LogP contribution < -0.4 is 5.32 Å². The molecule has 0 spiro atoms. The van der Waals surface area contributed by atoms with Crippen LogP contribution in [0.15, 0.2) is 48.0 Å². The van der Waals surface area contributed by atoms with Gasteiger partial charge in [-0.1, -0.05) is 18.2 Å². The van der Waals surface area contributed by atoms with Crippen molar-refractivity contribution in [2.45, 2.75) is 20.4 Å². The summed E-state index contributed by atoms with van der Waals surface area (Å²) in [7, 11) is 0. The lowest BCUT2D eigenvalue weighted by Gasteiger charge is -2.10. The molecule has 0 bridgehead atoms. The Bertz CT molecular complexity index is 735. The molecule has 106 valence electrons. The van der Waals surface area contributed by atoms with Crippen molar-refractivity contribution in [2.75, 3.05) is 5.32 Å². The fraction of sp³-hybridized carbons (Fsp3) is 0.176. The van der Waals surface area contributed by atoms with E-state index in [0.717, 1.165) is 22.9 Å². The Morgan fingerprint density at radius 1 is 1.10 bits per heavy atom. The van der Waals surface area contributed by atoms with Gasteiger partial charge in [-0.2, -0.15) is 0 Å². The van der Waals surface area contributed by atoms with Gasteiger partial charge in [0.1, 0.15) is 5.01 Å². The maximum absolute atomic E-state index is 4.64. The summed E-state index contributed by atoms with van der Waals surface area (Å²) in [4.78, 5) is 8.98. The zero-order chi connectivity index (χ0) is 14.7. The maximum atomic E-state index is 4.64. The molecular weight excluding hydrogens is 278 g/mol. The molecule has 0 radical (unpaired) electrons. The van der Waals surface area contributed by atoms with Crippen molar-refractivity contribution in [3.8, 4) is 10.7 Å². The topological polar surface area (TPSA) is 37.8 Å². The summed E-state index contributed by atoms with van der Waals surface area (Å²) < 4.78 is 0. The second kappa shape index (κ2) is 6.06. The average Bonchev–Trinajstić information content (AvgIpc) is 2.99. The molecule has 0 aliphatic rings. The first-order chi connectivity index (χ1) is 10.2. The monoisotopic (exact) mass is 295 g/mol. The first kappa shape index (κ1) is 13.8. The molecule has 0 fully saturated rings. The fourth-order valence-electron chi connectivity index (χ4n) is 2.12. The molecule has 0 amide bonds. The van der Waals surface area contributed by atoms with Gasteiger partial charge in [0, 0.05) is 17.3 Å². The van der Waals surface area contributed by atoms with E-state index in [2.05, 4.69) is 52.7 Å². The molecule has 0 aliphatic heterocycles. The van der Waals surface area contributed by atoms with Gasteiger partial charge < -0.3 is 5.32 Å². The van der Waals surface area contributed by atoms with E-state index in [9.17, 15) is 0 Å². The first-order valence-electron chi connectivity index (χ1n) is 6.90. The minimum Gasteiger partial charge on any atom is -0.379 e. The standard InChI is InChI=1S/C17H17N3S/c1-12-6-5-8-15(13(12)2)19-10-14-11-21-17(20-14)16-7-3-4-9-18-16/h3-9,11,19H,10H2,1-2H3. The van der Waals surface area contributed by atoms with Crippen molar-refractivity contribution in [1.82, 2.24) is 9.97 Å². The zero-order valence-corrected chi connectivity index (χ0v) is 12.9. The molecule has 4 heteroatoms. The van der Waals surface area contributed by atoms with Crippen LogP contribution in [-0.4, -0.2) is 9.97 Å². The number of hydrogen-bond donors (Lipinski definition) is 1. The molecule has 3 rings (SSSR count). The molecular formula is C17H17N3S. The molecule has 1 N–H and O–H groups in total. The number of aromatic nitrogens is 2. The summed E-state index contributed by atoms with van der Waals surface area (Å²) in [6.45, 7) is 4.99. The van der Waals surface area contributed by atoms with Gasteiger partial charge in [0.15, 0.2) is 0 Å². The predicted octanol–water partition coefficient (Wildman–Crippen LogP) is 4.43. The van der Waals surface area contributed by atoms with E-state index >= 15 is 0 Å². The second-order valence-electron chi connectivity index (χ2n) is 4.96. The Kier molecular flexibility index (Phi) is 3.97. The van der Waals surface area contributed by atoms with E-state index in [0.29, 0.717) is 0 Å². The highest BCUT2D eigenvalue weighted by molar-refractivity contribution is 7.13. The molecule has 2 heterocycles. The Balaban J connectivity index is 1.72.